The third-order valence-corrected chi connectivity index (χ3v) is 6.06. The van der Waals surface area contributed by atoms with E-state index in [1.807, 2.05) is 0 Å². The first-order valence-corrected chi connectivity index (χ1v) is 11.0. The van der Waals surface area contributed by atoms with Gasteiger partial charge in [0.15, 0.2) is 5.82 Å². The topological polar surface area (TPSA) is 121 Å². The Bertz CT molecular complexity index is 1420. The fraction of sp³-hybridized carbons (Fsp3) is 0.158. The molecule has 1 amide bonds. The van der Waals surface area contributed by atoms with Crippen molar-refractivity contribution in [2.45, 2.75) is 23.2 Å². The van der Waals surface area contributed by atoms with E-state index in [4.69, 9.17) is 22.5 Å². The molecule has 0 aliphatic heterocycles. The summed E-state index contributed by atoms with van der Waals surface area (Å²) in [6.45, 7) is 0. The molecule has 3 rings (SSSR count). The highest BCUT2D eigenvalue weighted by atomic mass is 35.5. The summed E-state index contributed by atoms with van der Waals surface area (Å²) < 4.78 is 120. The molecular weight excluding hydrogens is 533 g/mol. The van der Waals surface area contributed by atoms with E-state index in [0.29, 0.717) is 41.3 Å². The number of nitrogens with zero attached hydrogens (tertiary/aromatic N) is 2. The number of aromatic nitrogens is 2. The molecular formula is C19H12ClF7N4O3S. The molecule has 0 saturated carbocycles. The van der Waals surface area contributed by atoms with Crippen molar-refractivity contribution in [1.29, 1.82) is 0 Å². The maximum absolute atomic E-state index is 14.0. The molecule has 1 aromatic heterocycles. The highest BCUT2D eigenvalue weighted by Gasteiger charge is 2.41. The van der Waals surface area contributed by atoms with Gasteiger partial charge >= 0.3 is 12.4 Å². The monoisotopic (exact) mass is 544 g/mol. The number of carbonyl (C=O) groups is 1. The van der Waals surface area contributed by atoms with Gasteiger partial charge in [-0.15, -0.1) is 0 Å². The van der Waals surface area contributed by atoms with Crippen LogP contribution in [0.5, 0.6) is 0 Å². The van der Waals surface area contributed by atoms with Gasteiger partial charge in [0.25, 0.3) is 0 Å². The molecule has 0 spiro atoms. The fourth-order valence-electron chi connectivity index (χ4n) is 3.32. The number of halogens is 8. The molecule has 0 saturated heterocycles. The molecule has 35 heavy (non-hydrogen) atoms. The van der Waals surface area contributed by atoms with E-state index in [1.165, 1.54) is 0 Å². The van der Waals surface area contributed by atoms with Gasteiger partial charge in [-0.1, -0.05) is 11.6 Å². The van der Waals surface area contributed by atoms with Gasteiger partial charge in [-0.05, 0) is 41.5 Å². The van der Waals surface area contributed by atoms with Crippen LogP contribution >= 0.6 is 11.6 Å². The van der Waals surface area contributed by atoms with Gasteiger partial charge in [0.2, 0.25) is 15.9 Å². The minimum absolute atomic E-state index is 0.207. The van der Waals surface area contributed by atoms with Crippen LogP contribution in [0.2, 0.25) is 5.02 Å². The normalized spacial score (nSPS) is 13.6. The van der Waals surface area contributed by atoms with Gasteiger partial charge in [-0.3, -0.25) is 4.79 Å². The molecule has 1 unspecified atom stereocenters. The Morgan fingerprint density at radius 3 is 2.11 bits per heavy atom. The van der Waals surface area contributed by atoms with Gasteiger partial charge in [0.05, 0.1) is 35.1 Å². The summed E-state index contributed by atoms with van der Waals surface area (Å²) in [7, 11) is -4.86. The number of primary amides is 1. The van der Waals surface area contributed by atoms with Crippen molar-refractivity contribution < 1.29 is 43.9 Å². The average molecular weight is 545 g/mol. The summed E-state index contributed by atoms with van der Waals surface area (Å²) in [6.07, 6.45) is -9.13. The van der Waals surface area contributed by atoms with Crippen molar-refractivity contribution in [2.75, 3.05) is 0 Å². The first kappa shape index (κ1) is 26.4. The summed E-state index contributed by atoms with van der Waals surface area (Å²) in [5.41, 5.74) is -0.524. The highest BCUT2D eigenvalue weighted by Crippen LogP contribution is 2.43. The smallest absolute Gasteiger partial charge is 0.369 e. The second-order valence-corrected chi connectivity index (χ2v) is 9.06. The zero-order valence-electron chi connectivity index (χ0n) is 16.8. The molecule has 1 atom stereocenters. The van der Waals surface area contributed by atoms with Crippen molar-refractivity contribution >= 4 is 27.5 Å². The minimum atomic E-state index is -5.30. The first-order valence-electron chi connectivity index (χ1n) is 9.05. The van der Waals surface area contributed by atoms with Crippen LogP contribution in [0, 0.1) is 5.82 Å². The number of hydrogen-bond donors (Lipinski definition) is 2. The number of benzene rings is 2. The molecule has 2 aromatic carbocycles. The number of sulfonamides is 1. The Morgan fingerprint density at radius 1 is 1.03 bits per heavy atom. The van der Waals surface area contributed by atoms with Gasteiger partial charge in [-0.2, -0.15) is 31.4 Å². The van der Waals surface area contributed by atoms with E-state index >= 15 is 0 Å². The van der Waals surface area contributed by atoms with Gasteiger partial charge in [0, 0.05) is 5.02 Å². The second kappa shape index (κ2) is 8.80. The Hall–Kier alpha value is -3.17. The van der Waals surface area contributed by atoms with Crippen LogP contribution in [0.1, 0.15) is 28.2 Å². The van der Waals surface area contributed by atoms with Crippen molar-refractivity contribution in [3.63, 3.8) is 0 Å². The van der Waals surface area contributed by atoms with E-state index in [2.05, 4.69) is 5.10 Å². The Labute approximate surface area is 197 Å². The predicted octanol–water partition coefficient (Wildman–Crippen LogP) is 3.97. The molecule has 188 valence electrons. The lowest BCUT2D eigenvalue weighted by molar-refractivity contribution is -0.139. The van der Waals surface area contributed by atoms with Crippen molar-refractivity contribution in [2.24, 2.45) is 10.9 Å². The summed E-state index contributed by atoms with van der Waals surface area (Å²) in [6, 6.07) is 2.08. The lowest BCUT2D eigenvalue weighted by Gasteiger charge is -2.23. The highest BCUT2D eigenvalue weighted by molar-refractivity contribution is 7.89. The molecule has 0 aliphatic carbocycles. The van der Waals surface area contributed by atoms with Crippen LogP contribution in [0.3, 0.4) is 0 Å². The van der Waals surface area contributed by atoms with Gasteiger partial charge in [-0.25, -0.2) is 22.6 Å². The van der Waals surface area contributed by atoms with E-state index < -0.39 is 77.9 Å². The van der Waals surface area contributed by atoms with Crippen molar-refractivity contribution in [1.82, 2.24) is 9.78 Å². The molecule has 0 bridgehead atoms. The predicted molar refractivity (Wildman–Crippen MR) is 107 cm³/mol. The molecule has 0 aliphatic rings. The SMILES string of the molecule is NC(=O)C(c1cc(C(F)(F)F)ccc1Cl)c1cc(S(N)(=O)=O)c(-n2cc(F)cn2)cc1C(F)(F)F. The zero-order chi connectivity index (χ0) is 26.5. The molecule has 0 fully saturated rings. The molecule has 3 aromatic rings. The zero-order valence-corrected chi connectivity index (χ0v) is 18.4. The third-order valence-electron chi connectivity index (χ3n) is 4.77. The second-order valence-electron chi connectivity index (χ2n) is 7.12. The molecule has 4 N–H and O–H groups in total. The number of primary sulfonamides is 1. The molecule has 7 nitrogen and oxygen atoms in total. The van der Waals surface area contributed by atoms with Crippen LogP contribution < -0.4 is 10.9 Å². The Kier molecular flexibility index (Phi) is 6.65. The van der Waals surface area contributed by atoms with E-state index in [0.717, 1.165) is 0 Å². The van der Waals surface area contributed by atoms with Crippen LogP contribution in [0.15, 0.2) is 47.6 Å². The van der Waals surface area contributed by atoms with Crippen molar-refractivity contribution in [3.05, 3.63) is 75.8 Å². The van der Waals surface area contributed by atoms with Crippen LogP contribution in [-0.4, -0.2) is 24.1 Å². The lowest BCUT2D eigenvalue weighted by Crippen LogP contribution is -2.27. The summed E-state index contributed by atoms with van der Waals surface area (Å²) in [4.78, 5) is 11.2. The van der Waals surface area contributed by atoms with Crippen molar-refractivity contribution in [3.8, 4) is 5.69 Å². The number of amides is 1. The minimum Gasteiger partial charge on any atom is -0.369 e. The lowest BCUT2D eigenvalue weighted by atomic mass is 9.86. The molecule has 1 heterocycles. The number of rotatable bonds is 5. The number of hydrogen-bond acceptors (Lipinski definition) is 4. The summed E-state index contributed by atoms with van der Waals surface area (Å²) in [5, 5.41) is 7.99. The summed E-state index contributed by atoms with van der Waals surface area (Å²) in [5.74, 6) is -4.89. The Morgan fingerprint density at radius 2 is 1.66 bits per heavy atom. The summed E-state index contributed by atoms with van der Waals surface area (Å²) >= 11 is 5.91. The third kappa shape index (κ3) is 5.41. The number of alkyl halides is 6. The largest absolute Gasteiger partial charge is 0.416 e. The maximum Gasteiger partial charge on any atom is 0.416 e. The van der Waals surface area contributed by atoms with E-state index in [1.54, 1.807) is 0 Å². The Balaban J connectivity index is 2.45. The van der Waals surface area contributed by atoms with Gasteiger partial charge < -0.3 is 5.73 Å². The van der Waals surface area contributed by atoms with Gasteiger partial charge in [0.1, 0.15) is 4.90 Å². The van der Waals surface area contributed by atoms with E-state index in [-0.39, 0.29) is 6.07 Å². The average Bonchev–Trinajstić information content (AvgIpc) is 3.12. The van der Waals surface area contributed by atoms with Crippen LogP contribution in [-0.2, 0) is 27.2 Å². The molecule has 0 radical (unpaired) electrons. The quantitative estimate of drug-likeness (QED) is 0.472. The molecule has 16 heteroatoms. The maximum atomic E-state index is 14.0. The standard InChI is InChI=1S/C19H12ClF7N4O3S/c20-13-2-1-8(18(22,23)24)3-11(13)16(17(28)32)10-4-15(35(29,33)34)14(5-12(10)19(25,26)27)31-7-9(21)6-30-31/h1-7,16H,(H2,28,32)(H2,29,33,34). The van der Waals surface area contributed by atoms with E-state index in [9.17, 15) is 43.9 Å². The fourth-order valence-corrected chi connectivity index (χ4v) is 4.29. The van der Waals surface area contributed by atoms with Crippen LogP contribution in [0.4, 0.5) is 30.7 Å². The van der Waals surface area contributed by atoms with Crippen LogP contribution in [0.25, 0.3) is 5.69 Å². The number of carbonyl (C=O) groups excluding carboxylic acids is 1. The number of nitrogens with two attached hydrogens (primary N) is 2. The first-order chi connectivity index (χ1) is 15.9.